The maximum atomic E-state index is 4.34. The molecular weight excluding hydrogens is 242 g/mol. The molecule has 2 N–H and O–H groups in total. The molecule has 0 saturated heterocycles. The third kappa shape index (κ3) is 2.40. The predicted octanol–water partition coefficient (Wildman–Crippen LogP) is 2.83. The Bertz CT molecular complexity index is 485. The first kappa shape index (κ1) is 11.7. The van der Waals surface area contributed by atoms with E-state index in [1.54, 1.807) is 11.3 Å². The lowest BCUT2D eigenvalue weighted by Crippen LogP contribution is -2.32. The van der Waals surface area contributed by atoms with E-state index in [9.17, 15) is 0 Å². The summed E-state index contributed by atoms with van der Waals surface area (Å²) >= 11 is 1.71. The molecule has 3 nitrogen and oxygen atoms in total. The lowest BCUT2D eigenvalue weighted by molar-refractivity contribution is 0.536. The molecule has 2 atom stereocenters. The molecule has 1 aliphatic rings. The van der Waals surface area contributed by atoms with Gasteiger partial charge in [-0.25, -0.2) is 4.98 Å². The Balaban J connectivity index is 1.54. The van der Waals surface area contributed by atoms with Crippen LogP contribution in [0.25, 0.3) is 0 Å². The van der Waals surface area contributed by atoms with Crippen molar-refractivity contribution < 1.29 is 0 Å². The zero-order valence-electron chi connectivity index (χ0n) is 10.4. The number of benzene rings is 1. The molecule has 1 aromatic carbocycles. The number of nitrogens with zero attached hydrogens (tertiary/aromatic N) is 1. The molecule has 4 heteroatoms. The standard InChI is InChI=1S/C14H17N3S/c1-10(14-15-6-7-18-14)16-9-12-8-11-4-2-3-5-13(11)17-12/h2-7,10,12,16-17H,8-9H2,1H3. The quantitative estimate of drug-likeness (QED) is 0.886. The van der Waals surface area contributed by atoms with E-state index in [-0.39, 0.29) is 0 Å². The summed E-state index contributed by atoms with van der Waals surface area (Å²) in [7, 11) is 0. The Morgan fingerprint density at radius 3 is 3.17 bits per heavy atom. The zero-order valence-corrected chi connectivity index (χ0v) is 11.2. The molecule has 0 fully saturated rings. The fraction of sp³-hybridized carbons (Fsp3) is 0.357. The average molecular weight is 259 g/mol. The summed E-state index contributed by atoms with van der Waals surface area (Å²) in [5.41, 5.74) is 2.71. The lowest BCUT2D eigenvalue weighted by atomic mass is 10.1. The lowest BCUT2D eigenvalue weighted by Gasteiger charge is -2.16. The van der Waals surface area contributed by atoms with Crippen LogP contribution in [0.1, 0.15) is 23.5 Å². The molecule has 0 bridgehead atoms. The number of thiazole rings is 1. The highest BCUT2D eigenvalue weighted by Crippen LogP contribution is 2.25. The highest BCUT2D eigenvalue weighted by atomic mass is 32.1. The average Bonchev–Trinajstić information content (AvgIpc) is 3.04. The number of aromatic nitrogens is 1. The Labute approximate surface area is 111 Å². The van der Waals surface area contributed by atoms with Crippen molar-refractivity contribution in [2.75, 3.05) is 11.9 Å². The third-order valence-corrected chi connectivity index (χ3v) is 4.29. The molecule has 2 heterocycles. The van der Waals surface area contributed by atoms with Crippen molar-refractivity contribution >= 4 is 17.0 Å². The minimum atomic E-state index is 0.329. The Morgan fingerprint density at radius 1 is 1.50 bits per heavy atom. The maximum absolute atomic E-state index is 4.34. The molecule has 94 valence electrons. The van der Waals surface area contributed by atoms with Crippen molar-refractivity contribution in [2.24, 2.45) is 0 Å². The van der Waals surface area contributed by atoms with Crippen molar-refractivity contribution in [2.45, 2.75) is 25.4 Å². The Kier molecular flexibility index (Phi) is 3.30. The van der Waals surface area contributed by atoms with Gasteiger partial charge in [0.2, 0.25) is 0 Å². The van der Waals surface area contributed by atoms with Gasteiger partial charge in [-0.15, -0.1) is 11.3 Å². The van der Waals surface area contributed by atoms with E-state index in [2.05, 4.69) is 46.8 Å². The first-order chi connectivity index (χ1) is 8.83. The van der Waals surface area contributed by atoms with Crippen molar-refractivity contribution in [1.29, 1.82) is 0 Å². The molecule has 0 saturated carbocycles. The first-order valence-corrected chi connectivity index (χ1v) is 7.18. The van der Waals surface area contributed by atoms with Gasteiger partial charge in [0.05, 0.1) is 6.04 Å². The summed E-state index contributed by atoms with van der Waals surface area (Å²) in [6.45, 7) is 3.14. The van der Waals surface area contributed by atoms with Crippen molar-refractivity contribution in [1.82, 2.24) is 10.3 Å². The molecular formula is C14H17N3S. The van der Waals surface area contributed by atoms with E-state index in [1.807, 2.05) is 11.6 Å². The number of hydrogen-bond acceptors (Lipinski definition) is 4. The minimum absolute atomic E-state index is 0.329. The normalized spacial score (nSPS) is 19.3. The summed E-state index contributed by atoms with van der Waals surface area (Å²) in [5.74, 6) is 0. The number of nitrogens with one attached hydrogen (secondary N) is 2. The van der Waals surface area contributed by atoms with Crippen LogP contribution >= 0.6 is 11.3 Å². The van der Waals surface area contributed by atoms with Gasteiger partial charge in [0, 0.05) is 29.9 Å². The van der Waals surface area contributed by atoms with Gasteiger partial charge in [0.25, 0.3) is 0 Å². The highest BCUT2D eigenvalue weighted by Gasteiger charge is 2.20. The van der Waals surface area contributed by atoms with Crippen LogP contribution in [0.2, 0.25) is 0 Å². The van der Waals surface area contributed by atoms with Crippen molar-refractivity contribution in [3.8, 4) is 0 Å². The van der Waals surface area contributed by atoms with Crippen molar-refractivity contribution in [3.05, 3.63) is 46.4 Å². The SMILES string of the molecule is CC(NCC1Cc2ccccc2N1)c1nccs1. The van der Waals surface area contributed by atoms with Gasteiger partial charge in [-0.2, -0.15) is 0 Å². The van der Waals surface area contributed by atoms with Crippen LogP contribution in [0.15, 0.2) is 35.8 Å². The molecule has 1 aliphatic heterocycles. The first-order valence-electron chi connectivity index (χ1n) is 6.30. The highest BCUT2D eigenvalue weighted by molar-refractivity contribution is 7.09. The Morgan fingerprint density at radius 2 is 2.39 bits per heavy atom. The van der Waals surface area contributed by atoms with Crippen LogP contribution in [0.4, 0.5) is 5.69 Å². The second kappa shape index (κ2) is 5.08. The fourth-order valence-corrected chi connectivity index (χ4v) is 3.02. The third-order valence-electron chi connectivity index (χ3n) is 3.34. The number of anilines is 1. The predicted molar refractivity (Wildman–Crippen MR) is 76.1 cm³/mol. The van der Waals surface area contributed by atoms with E-state index >= 15 is 0 Å². The summed E-state index contributed by atoms with van der Waals surface area (Å²) in [4.78, 5) is 4.34. The summed E-state index contributed by atoms with van der Waals surface area (Å²) in [6, 6.07) is 9.36. The van der Waals surface area contributed by atoms with E-state index in [1.165, 1.54) is 11.3 Å². The second-order valence-corrected chi connectivity index (χ2v) is 5.63. The van der Waals surface area contributed by atoms with Crippen molar-refractivity contribution in [3.63, 3.8) is 0 Å². The molecule has 0 amide bonds. The van der Waals surface area contributed by atoms with Gasteiger partial charge in [-0.05, 0) is 25.0 Å². The Hall–Kier alpha value is -1.39. The van der Waals surface area contributed by atoms with Gasteiger partial charge in [0.15, 0.2) is 0 Å². The number of rotatable bonds is 4. The van der Waals surface area contributed by atoms with Crippen LogP contribution in [-0.4, -0.2) is 17.6 Å². The molecule has 1 aromatic heterocycles. The van der Waals surface area contributed by atoms with Crippen LogP contribution in [-0.2, 0) is 6.42 Å². The van der Waals surface area contributed by atoms with Crippen LogP contribution in [0, 0.1) is 0 Å². The monoisotopic (exact) mass is 259 g/mol. The second-order valence-electron chi connectivity index (χ2n) is 4.70. The van der Waals surface area contributed by atoms with Crippen LogP contribution in [0.3, 0.4) is 0 Å². The number of fused-ring (bicyclic) bond motifs is 1. The number of para-hydroxylation sites is 1. The maximum Gasteiger partial charge on any atom is 0.109 e. The smallest absolute Gasteiger partial charge is 0.109 e. The van der Waals surface area contributed by atoms with E-state index in [4.69, 9.17) is 0 Å². The van der Waals surface area contributed by atoms with Gasteiger partial charge in [-0.3, -0.25) is 0 Å². The molecule has 0 aliphatic carbocycles. The number of hydrogen-bond donors (Lipinski definition) is 2. The fourth-order valence-electron chi connectivity index (χ4n) is 2.35. The topological polar surface area (TPSA) is 37.0 Å². The largest absolute Gasteiger partial charge is 0.380 e. The molecule has 0 spiro atoms. The van der Waals surface area contributed by atoms with Gasteiger partial charge in [0.1, 0.15) is 5.01 Å². The summed E-state index contributed by atoms with van der Waals surface area (Å²) in [5, 5.41) is 10.3. The molecule has 3 rings (SSSR count). The molecule has 2 unspecified atom stereocenters. The van der Waals surface area contributed by atoms with Gasteiger partial charge >= 0.3 is 0 Å². The summed E-state index contributed by atoms with van der Waals surface area (Å²) in [6.07, 6.45) is 2.97. The van der Waals surface area contributed by atoms with Crippen LogP contribution < -0.4 is 10.6 Å². The van der Waals surface area contributed by atoms with Crippen LogP contribution in [0.5, 0.6) is 0 Å². The molecule has 18 heavy (non-hydrogen) atoms. The minimum Gasteiger partial charge on any atom is -0.380 e. The molecule has 0 radical (unpaired) electrons. The summed E-state index contributed by atoms with van der Waals surface area (Å²) < 4.78 is 0. The van der Waals surface area contributed by atoms with Gasteiger partial charge < -0.3 is 10.6 Å². The van der Waals surface area contributed by atoms with Gasteiger partial charge in [-0.1, -0.05) is 18.2 Å². The molecule has 2 aromatic rings. The van der Waals surface area contributed by atoms with E-state index < -0.39 is 0 Å². The van der Waals surface area contributed by atoms with E-state index in [0.29, 0.717) is 12.1 Å². The zero-order chi connectivity index (χ0) is 12.4. The van der Waals surface area contributed by atoms with E-state index in [0.717, 1.165) is 18.0 Å².